The summed E-state index contributed by atoms with van der Waals surface area (Å²) in [6.07, 6.45) is 4.13. The maximum atomic E-state index is 9.23. The van der Waals surface area contributed by atoms with Gasteiger partial charge in [-0.2, -0.15) is 0 Å². The minimum Gasteiger partial charge on any atom is -0.393 e. The molecule has 0 bridgehead atoms. The highest BCUT2D eigenvalue weighted by Crippen LogP contribution is 2.17. The zero-order chi connectivity index (χ0) is 7.40. The second-order valence-corrected chi connectivity index (χ2v) is 2.96. The van der Waals surface area contributed by atoms with Crippen LogP contribution in [0, 0.1) is 0 Å². The zero-order valence-electron chi connectivity index (χ0n) is 6.55. The van der Waals surface area contributed by atoms with Crippen molar-refractivity contribution in [2.24, 2.45) is 0 Å². The molecule has 0 saturated carbocycles. The van der Waals surface area contributed by atoms with Crippen molar-refractivity contribution in [2.45, 2.75) is 44.8 Å². The molecule has 1 rings (SSSR count). The van der Waals surface area contributed by atoms with Crippen molar-refractivity contribution >= 4 is 0 Å². The number of aliphatic hydroxyl groups excluding tert-OH is 1. The first-order valence-corrected chi connectivity index (χ1v) is 4.12. The molecule has 0 aromatic heterocycles. The van der Waals surface area contributed by atoms with E-state index in [1.807, 2.05) is 0 Å². The van der Waals surface area contributed by atoms with Crippen molar-refractivity contribution in [3.8, 4) is 0 Å². The summed E-state index contributed by atoms with van der Waals surface area (Å²) >= 11 is 0. The largest absolute Gasteiger partial charge is 0.393 e. The summed E-state index contributed by atoms with van der Waals surface area (Å²) < 4.78 is 5.43. The topological polar surface area (TPSA) is 29.5 Å². The third-order valence-electron chi connectivity index (χ3n) is 1.95. The molecule has 0 amide bonds. The van der Waals surface area contributed by atoms with E-state index in [2.05, 4.69) is 6.92 Å². The Labute approximate surface area is 62.2 Å². The zero-order valence-corrected chi connectivity index (χ0v) is 6.55. The van der Waals surface area contributed by atoms with Crippen LogP contribution in [0.15, 0.2) is 0 Å². The molecule has 1 fully saturated rings. The third-order valence-corrected chi connectivity index (χ3v) is 1.95. The van der Waals surface area contributed by atoms with Gasteiger partial charge in [-0.3, -0.25) is 0 Å². The number of hydrogen-bond donors (Lipinski definition) is 1. The van der Waals surface area contributed by atoms with Crippen molar-refractivity contribution in [1.82, 2.24) is 0 Å². The van der Waals surface area contributed by atoms with Gasteiger partial charge in [0.25, 0.3) is 0 Å². The van der Waals surface area contributed by atoms with Gasteiger partial charge in [0, 0.05) is 6.61 Å². The molecule has 1 heterocycles. The highest BCUT2D eigenvalue weighted by Gasteiger charge is 2.19. The highest BCUT2D eigenvalue weighted by atomic mass is 16.5. The predicted molar refractivity (Wildman–Crippen MR) is 39.9 cm³/mol. The van der Waals surface area contributed by atoms with Crippen LogP contribution in [0.3, 0.4) is 0 Å². The van der Waals surface area contributed by atoms with Gasteiger partial charge in [0.1, 0.15) is 0 Å². The van der Waals surface area contributed by atoms with Crippen LogP contribution in [0.2, 0.25) is 0 Å². The molecule has 60 valence electrons. The highest BCUT2D eigenvalue weighted by molar-refractivity contribution is 4.69. The fourth-order valence-corrected chi connectivity index (χ4v) is 1.38. The number of rotatable bonds is 2. The molecule has 0 aliphatic carbocycles. The molecule has 0 aromatic carbocycles. The second-order valence-electron chi connectivity index (χ2n) is 2.96. The number of aliphatic hydroxyl groups is 1. The first-order valence-electron chi connectivity index (χ1n) is 4.12. The van der Waals surface area contributed by atoms with Gasteiger partial charge in [-0.1, -0.05) is 13.3 Å². The predicted octanol–water partition coefficient (Wildman–Crippen LogP) is 1.33. The Morgan fingerprint density at radius 1 is 1.60 bits per heavy atom. The van der Waals surface area contributed by atoms with E-state index in [1.165, 1.54) is 0 Å². The molecule has 0 unspecified atom stereocenters. The first kappa shape index (κ1) is 8.02. The third kappa shape index (κ3) is 2.27. The van der Waals surface area contributed by atoms with Crippen LogP contribution >= 0.6 is 0 Å². The van der Waals surface area contributed by atoms with E-state index in [0.717, 1.165) is 32.3 Å². The van der Waals surface area contributed by atoms with Crippen LogP contribution in [0.5, 0.6) is 0 Å². The Morgan fingerprint density at radius 2 is 2.40 bits per heavy atom. The lowest BCUT2D eigenvalue weighted by Crippen LogP contribution is -2.28. The molecule has 1 aliphatic rings. The summed E-state index contributed by atoms with van der Waals surface area (Å²) in [6.45, 7) is 2.89. The second kappa shape index (κ2) is 3.94. The normalized spacial score (nSPS) is 34.2. The monoisotopic (exact) mass is 144 g/mol. The minimum atomic E-state index is -0.106. The van der Waals surface area contributed by atoms with Gasteiger partial charge in [0.2, 0.25) is 0 Å². The molecule has 1 aliphatic heterocycles. The average Bonchev–Trinajstić information content (AvgIpc) is 1.88. The lowest BCUT2D eigenvalue weighted by molar-refractivity contribution is -0.0463. The fraction of sp³-hybridized carbons (Fsp3) is 1.00. The molecule has 1 N–H and O–H groups in total. The SMILES string of the molecule is CCC[C@H]1C[C@@H](O)CCO1. The van der Waals surface area contributed by atoms with Crippen molar-refractivity contribution in [2.75, 3.05) is 6.61 Å². The molecule has 1 saturated heterocycles. The van der Waals surface area contributed by atoms with Crippen LogP contribution in [0.1, 0.15) is 32.6 Å². The van der Waals surface area contributed by atoms with Gasteiger partial charge in [-0.25, -0.2) is 0 Å². The number of ether oxygens (including phenoxy) is 1. The minimum absolute atomic E-state index is 0.106. The van der Waals surface area contributed by atoms with Gasteiger partial charge in [0.05, 0.1) is 12.2 Å². The van der Waals surface area contributed by atoms with Gasteiger partial charge in [-0.05, 0) is 19.3 Å². The first-order chi connectivity index (χ1) is 4.83. The lowest BCUT2D eigenvalue weighted by atomic mass is 10.0. The van der Waals surface area contributed by atoms with Crippen molar-refractivity contribution in [3.63, 3.8) is 0 Å². The van der Waals surface area contributed by atoms with Crippen LogP contribution in [-0.2, 0) is 4.74 Å². The molecule has 10 heavy (non-hydrogen) atoms. The Balaban J connectivity index is 2.18. The molecule has 0 radical (unpaired) electrons. The lowest BCUT2D eigenvalue weighted by Gasteiger charge is -2.25. The molecule has 2 nitrogen and oxygen atoms in total. The van der Waals surface area contributed by atoms with Gasteiger partial charge in [-0.15, -0.1) is 0 Å². The van der Waals surface area contributed by atoms with Crippen LogP contribution in [0.25, 0.3) is 0 Å². The molecular formula is C8H16O2. The standard InChI is InChI=1S/C8H16O2/c1-2-3-8-6-7(9)4-5-10-8/h7-9H,2-6H2,1H3/t7-,8-/m0/s1. The van der Waals surface area contributed by atoms with Crippen molar-refractivity contribution < 1.29 is 9.84 Å². The van der Waals surface area contributed by atoms with Gasteiger partial charge >= 0.3 is 0 Å². The van der Waals surface area contributed by atoms with Crippen LogP contribution in [0.4, 0.5) is 0 Å². The van der Waals surface area contributed by atoms with Gasteiger partial charge in [0.15, 0.2) is 0 Å². The molecule has 0 aromatic rings. The Bertz CT molecular complexity index is 91.3. The van der Waals surface area contributed by atoms with Crippen molar-refractivity contribution in [3.05, 3.63) is 0 Å². The molecule has 2 atom stereocenters. The van der Waals surface area contributed by atoms with Crippen LogP contribution < -0.4 is 0 Å². The summed E-state index contributed by atoms with van der Waals surface area (Å²) in [4.78, 5) is 0. The number of hydrogen-bond acceptors (Lipinski definition) is 2. The van der Waals surface area contributed by atoms with E-state index < -0.39 is 0 Å². The molecular weight excluding hydrogens is 128 g/mol. The summed E-state index contributed by atoms with van der Waals surface area (Å²) in [6, 6.07) is 0. The maximum absolute atomic E-state index is 9.23. The fourth-order valence-electron chi connectivity index (χ4n) is 1.38. The summed E-state index contributed by atoms with van der Waals surface area (Å²) in [7, 11) is 0. The van der Waals surface area contributed by atoms with Crippen molar-refractivity contribution in [1.29, 1.82) is 0 Å². The van der Waals surface area contributed by atoms with E-state index in [9.17, 15) is 5.11 Å². The quantitative estimate of drug-likeness (QED) is 0.633. The van der Waals surface area contributed by atoms with E-state index in [0.29, 0.717) is 6.10 Å². The Kier molecular flexibility index (Phi) is 3.16. The van der Waals surface area contributed by atoms with E-state index in [4.69, 9.17) is 4.74 Å². The summed E-state index contributed by atoms with van der Waals surface area (Å²) in [5, 5.41) is 9.23. The maximum Gasteiger partial charge on any atom is 0.0599 e. The van der Waals surface area contributed by atoms with Crippen LogP contribution in [-0.4, -0.2) is 23.9 Å². The molecule has 2 heteroatoms. The summed E-state index contributed by atoms with van der Waals surface area (Å²) in [5.41, 5.74) is 0. The molecule has 0 spiro atoms. The van der Waals surface area contributed by atoms with E-state index in [-0.39, 0.29) is 6.10 Å². The van der Waals surface area contributed by atoms with Gasteiger partial charge < -0.3 is 9.84 Å². The summed E-state index contributed by atoms with van der Waals surface area (Å²) in [5.74, 6) is 0. The Hall–Kier alpha value is -0.0800. The average molecular weight is 144 g/mol. The van der Waals surface area contributed by atoms with E-state index in [1.54, 1.807) is 0 Å². The van der Waals surface area contributed by atoms with E-state index >= 15 is 0 Å². The Morgan fingerprint density at radius 3 is 3.00 bits per heavy atom. The smallest absolute Gasteiger partial charge is 0.0599 e.